The molecule has 0 saturated carbocycles. The minimum Gasteiger partial charge on any atom is -0.475 e. The van der Waals surface area contributed by atoms with Crippen LogP contribution in [0.3, 0.4) is 0 Å². The van der Waals surface area contributed by atoms with Crippen LogP contribution in [0.4, 0.5) is 52.7 Å². The zero-order valence-corrected chi connectivity index (χ0v) is 20.0. The van der Waals surface area contributed by atoms with Crippen LogP contribution in [0.1, 0.15) is 12.8 Å². The van der Waals surface area contributed by atoms with Crippen molar-refractivity contribution in [3.63, 3.8) is 0 Å². The number of alkyl halides is 12. The van der Waals surface area contributed by atoms with E-state index < -0.39 is 48.6 Å². The minimum atomic E-state index is -5.08. The van der Waals surface area contributed by atoms with Gasteiger partial charge in [-0.2, -0.15) is 52.7 Å². The fraction of sp³-hybridized carbons (Fsp3) is 0.706. The van der Waals surface area contributed by atoms with Crippen molar-refractivity contribution in [2.45, 2.75) is 49.6 Å². The molecule has 1 amide bonds. The first-order valence-electron chi connectivity index (χ1n) is 9.91. The number of hydrogen-bond donors (Lipinski definition) is 5. The van der Waals surface area contributed by atoms with Crippen LogP contribution < -0.4 is 5.73 Å². The number of likely N-dealkylation sites (tertiary alicyclic amines) is 2. The smallest absolute Gasteiger partial charge is 0.475 e. The number of likely N-dealkylation sites (N-methyl/N-ethyl adjacent to an activating group) is 1. The summed E-state index contributed by atoms with van der Waals surface area (Å²) >= 11 is 0. The first-order valence-corrected chi connectivity index (χ1v) is 9.91. The molecule has 0 bridgehead atoms. The molecule has 2 rings (SSSR count). The highest BCUT2D eigenvalue weighted by Crippen LogP contribution is 2.20. The van der Waals surface area contributed by atoms with E-state index in [4.69, 9.17) is 45.3 Å². The molecule has 0 aromatic rings. The molecule has 1 atom stereocenters. The highest BCUT2D eigenvalue weighted by Gasteiger charge is 2.40. The van der Waals surface area contributed by atoms with E-state index in [9.17, 15) is 57.5 Å². The average molecular weight is 639 g/mol. The first kappa shape index (κ1) is 41.9. The number of carboxylic acids is 4. The van der Waals surface area contributed by atoms with E-state index >= 15 is 0 Å². The zero-order valence-electron chi connectivity index (χ0n) is 20.0. The van der Waals surface area contributed by atoms with Gasteiger partial charge >= 0.3 is 48.6 Å². The Morgan fingerprint density at radius 2 is 0.927 bits per heavy atom. The van der Waals surface area contributed by atoms with Gasteiger partial charge in [-0.25, -0.2) is 19.2 Å². The predicted molar refractivity (Wildman–Crippen MR) is 105 cm³/mol. The van der Waals surface area contributed by atoms with E-state index in [1.54, 1.807) is 0 Å². The molecule has 1 unspecified atom stereocenters. The Bertz CT molecular complexity index is 787. The molecule has 2 aliphatic heterocycles. The second-order valence-electron chi connectivity index (χ2n) is 7.34. The number of carbonyl (C=O) groups is 5. The Morgan fingerprint density at radius 1 is 0.683 bits per heavy atom. The Morgan fingerprint density at radius 3 is 1.12 bits per heavy atom. The highest BCUT2D eigenvalue weighted by molar-refractivity contribution is 5.82. The van der Waals surface area contributed by atoms with Crippen LogP contribution in [-0.4, -0.2) is 123 Å². The third-order valence-electron chi connectivity index (χ3n) is 3.98. The SMILES string of the molecule is CN1CCCC(N2CC(N)C2)C1=O.O=C(O)C(F)(F)F.O=C(O)C(F)(F)F.O=C(O)C(F)(F)F.O=C(O)C(F)(F)F. The van der Waals surface area contributed by atoms with Crippen LogP contribution in [0.5, 0.6) is 0 Å². The van der Waals surface area contributed by atoms with Gasteiger partial charge in [-0.05, 0) is 12.8 Å². The van der Waals surface area contributed by atoms with Crippen molar-refractivity contribution < 1.29 is 97.1 Å². The van der Waals surface area contributed by atoms with Crippen LogP contribution in [0.15, 0.2) is 0 Å². The van der Waals surface area contributed by atoms with Gasteiger partial charge in [0.25, 0.3) is 0 Å². The summed E-state index contributed by atoms with van der Waals surface area (Å²) in [6.07, 6.45) is -18.2. The number of carboxylic acid groups (broad SMARTS) is 4. The summed E-state index contributed by atoms with van der Waals surface area (Å²) in [5.41, 5.74) is 5.69. The number of nitrogens with two attached hydrogens (primary N) is 1. The van der Waals surface area contributed by atoms with Crippen LogP contribution in [0, 0.1) is 0 Å². The highest BCUT2D eigenvalue weighted by atomic mass is 19.4. The molecule has 41 heavy (non-hydrogen) atoms. The molecule has 2 fully saturated rings. The number of rotatable bonds is 1. The lowest BCUT2D eigenvalue weighted by molar-refractivity contribution is -0.193. The maximum Gasteiger partial charge on any atom is 0.490 e. The summed E-state index contributed by atoms with van der Waals surface area (Å²) in [7, 11) is 1.88. The van der Waals surface area contributed by atoms with Gasteiger partial charge in [0.1, 0.15) is 0 Å². The van der Waals surface area contributed by atoms with E-state index in [0.29, 0.717) is 6.04 Å². The van der Waals surface area contributed by atoms with E-state index in [1.807, 2.05) is 11.9 Å². The first-order chi connectivity index (χ1) is 18.0. The van der Waals surface area contributed by atoms with E-state index in [-0.39, 0.29) is 11.9 Å². The van der Waals surface area contributed by atoms with Gasteiger partial charge in [0.05, 0.1) is 6.04 Å². The zero-order chi connectivity index (χ0) is 33.7. The van der Waals surface area contributed by atoms with Crippen molar-refractivity contribution in [2.24, 2.45) is 5.73 Å². The van der Waals surface area contributed by atoms with E-state index in [0.717, 1.165) is 32.5 Å². The van der Waals surface area contributed by atoms with E-state index in [2.05, 4.69) is 4.90 Å². The largest absolute Gasteiger partial charge is 0.490 e. The van der Waals surface area contributed by atoms with Crippen molar-refractivity contribution in [3.8, 4) is 0 Å². The van der Waals surface area contributed by atoms with Gasteiger partial charge in [0.2, 0.25) is 5.91 Å². The molecule has 0 aliphatic carbocycles. The van der Waals surface area contributed by atoms with Crippen molar-refractivity contribution in [1.29, 1.82) is 0 Å². The second kappa shape index (κ2) is 16.6. The van der Waals surface area contributed by atoms with Gasteiger partial charge < -0.3 is 31.1 Å². The fourth-order valence-corrected chi connectivity index (χ4v) is 2.15. The van der Waals surface area contributed by atoms with Crippen LogP contribution in [0.2, 0.25) is 0 Å². The number of piperidine rings is 1. The molecule has 6 N–H and O–H groups in total. The second-order valence-corrected chi connectivity index (χ2v) is 7.34. The third-order valence-corrected chi connectivity index (χ3v) is 3.98. The molecule has 0 spiro atoms. The molecule has 12 nitrogen and oxygen atoms in total. The number of halogens is 12. The molecule has 2 heterocycles. The lowest BCUT2D eigenvalue weighted by atomic mass is 9.98. The summed E-state index contributed by atoms with van der Waals surface area (Å²) < 4.78 is 127. The number of aliphatic carboxylic acids is 4. The molecule has 0 aromatic carbocycles. The predicted octanol–water partition coefficient (Wildman–Crippen LogP) is 1.78. The summed E-state index contributed by atoms with van der Waals surface area (Å²) in [6.45, 7) is 2.70. The number of carbonyl (C=O) groups excluding carboxylic acids is 1. The summed E-state index contributed by atoms with van der Waals surface area (Å²) in [5.74, 6) is -10.8. The Hall–Kier alpha value is -3.57. The maximum atomic E-state index is 11.7. The molecule has 242 valence electrons. The van der Waals surface area contributed by atoms with Gasteiger partial charge in [-0.3, -0.25) is 9.69 Å². The van der Waals surface area contributed by atoms with E-state index in [1.165, 1.54) is 0 Å². The van der Waals surface area contributed by atoms with Gasteiger partial charge in [0.15, 0.2) is 0 Å². The van der Waals surface area contributed by atoms with Crippen LogP contribution in [-0.2, 0) is 24.0 Å². The molecule has 24 heteroatoms. The topological polar surface area (TPSA) is 199 Å². The van der Waals surface area contributed by atoms with Gasteiger partial charge in [0, 0.05) is 32.7 Å². The average Bonchev–Trinajstić information content (AvgIpc) is 2.73. The molecule has 2 aliphatic rings. The fourth-order valence-electron chi connectivity index (χ4n) is 2.15. The lowest BCUT2D eigenvalue weighted by Gasteiger charge is -2.44. The summed E-state index contributed by atoms with van der Waals surface area (Å²) in [5, 5.41) is 28.5. The van der Waals surface area contributed by atoms with Crippen molar-refractivity contribution in [2.75, 3.05) is 26.7 Å². The van der Waals surface area contributed by atoms with Gasteiger partial charge in [-0.1, -0.05) is 0 Å². The Kier molecular flexibility index (Phi) is 17.0. The van der Waals surface area contributed by atoms with Crippen molar-refractivity contribution in [3.05, 3.63) is 0 Å². The molecular weight excluding hydrogens is 618 g/mol. The molecular formula is C17H21F12N3O9. The number of hydrogen-bond acceptors (Lipinski definition) is 7. The Balaban J connectivity index is -0.000000458. The normalized spacial score (nSPS) is 17.9. The quantitative estimate of drug-likeness (QED) is 0.262. The molecule has 0 radical (unpaired) electrons. The lowest BCUT2D eigenvalue weighted by Crippen LogP contribution is -2.63. The number of nitrogens with zero attached hydrogens (tertiary/aromatic N) is 2. The van der Waals surface area contributed by atoms with Crippen LogP contribution >= 0.6 is 0 Å². The third kappa shape index (κ3) is 20.0. The summed E-state index contributed by atoms with van der Waals surface area (Å²) in [4.78, 5) is 51.3. The molecule has 0 aromatic heterocycles. The standard InChI is InChI=1S/C9H17N3O.4C2HF3O2/c1-11-4-2-3-8(9(11)13)12-5-7(10)6-12;4*3-2(4,5)1(6)7/h7-8H,2-6,10H2,1H3;4*(H,6,7). The summed E-state index contributed by atoms with van der Waals surface area (Å²) in [6, 6.07) is 0.415. The maximum absolute atomic E-state index is 11.7. The van der Waals surface area contributed by atoms with Crippen LogP contribution in [0.25, 0.3) is 0 Å². The minimum absolute atomic E-state index is 0.124. The Labute approximate surface area is 219 Å². The van der Waals surface area contributed by atoms with Crippen molar-refractivity contribution in [1.82, 2.24) is 9.80 Å². The van der Waals surface area contributed by atoms with Crippen molar-refractivity contribution >= 4 is 29.8 Å². The van der Waals surface area contributed by atoms with Gasteiger partial charge in [-0.15, -0.1) is 0 Å². The monoisotopic (exact) mass is 639 g/mol. The molecule has 2 saturated heterocycles. The number of amides is 1.